The molecule has 2 rings (SSSR count). The van der Waals surface area contributed by atoms with Crippen LogP contribution in [0, 0.1) is 27.7 Å². The third-order valence-electron chi connectivity index (χ3n) is 3.57. The van der Waals surface area contributed by atoms with Crippen molar-refractivity contribution in [3.8, 4) is 0 Å². The quantitative estimate of drug-likeness (QED) is 0.494. The van der Waals surface area contributed by atoms with Crippen molar-refractivity contribution in [2.45, 2.75) is 34.1 Å². The second-order valence-electron chi connectivity index (χ2n) is 4.08. The molecular weight excluding hydrogens is 174 g/mol. The Morgan fingerprint density at radius 3 is 2.07 bits per heavy atom. The van der Waals surface area contributed by atoms with Gasteiger partial charge in [-0.05, 0) is 55.5 Å². The standard InChI is InChI=1S/C12H15NO/c1-6-7(2)9(4)12-10(8(6)3)5-11(12)13-14/h14H,5H2,1-4H3. The highest BCUT2D eigenvalue weighted by atomic mass is 16.4. The lowest BCUT2D eigenvalue weighted by molar-refractivity contribution is 0.317. The molecule has 1 aliphatic rings. The van der Waals surface area contributed by atoms with E-state index in [-0.39, 0.29) is 0 Å². The summed E-state index contributed by atoms with van der Waals surface area (Å²) in [6.07, 6.45) is 0.819. The molecule has 2 heteroatoms. The number of hydrogen-bond acceptors (Lipinski definition) is 2. The molecule has 1 N–H and O–H groups in total. The molecule has 0 saturated heterocycles. The van der Waals surface area contributed by atoms with Crippen molar-refractivity contribution in [1.82, 2.24) is 0 Å². The Bertz CT molecular complexity index is 421. The Kier molecular flexibility index (Phi) is 1.88. The fraction of sp³-hybridized carbons (Fsp3) is 0.417. The van der Waals surface area contributed by atoms with Crippen LogP contribution < -0.4 is 0 Å². The monoisotopic (exact) mass is 189 g/mol. The third kappa shape index (κ3) is 0.939. The van der Waals surface area contributed by atoms with Gasteiger partial charge >= 0.3 is 0 Å². The van der Waals surface area contributed by atoms with E-state index in [0.717, 1.165) is 12.1 Å². The van der Waals surface area contributed by atoms with E-state index >= 15 is 0 Å². The first-order chi connectivity index (χ1) is 6.57. The summed E-state index contributed by atoms with van der Waals surface area (Å²) in [7, 11) is 0. The predicted octanol–water partition coefficient (Wildman–Crippen LogP) is 2.65. The van der Waals surface area contributed by atoms with E-state index in [1.807, 2.05) is 0 Å². The normalized spacial score (nSPS) is 16.7. The molecule has 0 saturated carbocycles. The van der Waals surface area contributed by atoms with Crippen molar-refractivity contribution in [3.05, 3.63) is 33.4 Å². The van der Waals surface area contributed by atoms with E-state index in [1.165, 1.54) is 33.4 Å². The summed E-state index contributed by atoms with van der Waals surface area (Å²) in [5.41, 5.74) is 8.69. The fourth-order valence-corrected chi connectivity index (χ4v) is 2.24. The number of oxime groups is 1. The topological polar surface area (TPSA) is 32.6 Å². The molecular formula is C12H15NO. The summed E-state index contributed by atoms with van der Waals surface area (Å²) in [5, 5.41) is 12.1. The van der Waals surface area contributed by atoms with Crippen LogP contribution in [-0.2, 0) is 6.42 Å². The van der Waals surface area contributed by atoms with Gasteiger partial charge in [0.25, 0.3) is 0 Å². The van der Waals surface area contributed by atoms with Gasteiger partial charge in [0.05, 0.1) is 5.71 Å². The number of hydrogen-bond donors (Lipinski definition) is 1. The molecule has 0 amide bonds. The average Bonchev–Trinajstić information content (AvgIpc) is 2.12. The predicted molar refractivity (Wildman–Crippen MR) is 57.4 cm³/mol. The van der Waals surface area contributed by atoms with Crippen molar-refractivity contribution < 1.29 is 5.21 Å². The molecule has 1 aromatic rings. The second kappa shape index (κ2) is 2.84. The molecule has 0 radical (unpaired) electrons. The maximum Gasteiger partial charge on any atom is 0.0917 e. The van der Waals surface area contributed by atoms with Crippen molar-refractivity contribution in [2.24, 2.45) is 5.16 Å². The summed E-state index contributed by atoms with van der Waals surface area (Å²) in [5.74, 6) is 0. The van der Waals surface area contributed by atoms with Gasteiger partial charge in [0.2, 0.25) is 0 Å². The van der Waals surface area contributed by atoms with Crippen LogP contribution in [0.4, 0.5) is 0 Å². The van der Waals surface area contributed by atoms with Crippen LogP contribution in [0.1, 0.15) is 33.4 Å². The van der Waals surface area contributed by atoms with Crippen LogP contribution in [0.15, 0.2) is 5.16 Å². The summed E-state index contributed by atoms with van der Waals surface area (Å²) in [4.78, 5) is 0. The van der Waals surface area contributed by atoms with Crippen molar-refractivity contribution >= 4 is 5.71 Å². The zero-order valence-electron chi connectivity index (χ0n) is 9.10. The molecule has 0 unspecified atom stereocenters. The van der Waals surface area contributed by atoms with Crippen molar-refractivity contribution in [3.63, 3.8) is 0 Å². The summed E-state index contributed by atoms with van der Waals surface area (Å²) < 4.78 is 0. The highest BCUT2D eigenvalue weighted by molar-refractivity contribution is 6.12. The van der Waals surface area contributed by atoms with Gasteiger partial charge in [0.15, 0.2) is 0 Å². The third-order valence-corrected chi connectivity index (χ3v) is 3.57. The van der Waals surface area contributed by atoms with Crippen molar-refractivity contribution in [2.75, 3.05) is 0 Å². The maximum absolute atomic E-state index is 8.80. The molecule has 0 spiro atoms. The van der Waals surface area contributed by atoms with E-state index in [4.69, 9.17) is 5.21 Å². The van der Waals surface area contributed by atoms with Gasteiger partial charge in [-0.25, -0.2) is 0 Å². The van der Waals surface area contributed by atoms with E-state index in [9.17, 15) is 0 Å². The van der Waals surface area contributed by atoms with Crippen LogP contribution in [0.2, 0.25) is 0 Å². The minimum absolute atomic E-state index is 0.819. The minimum atomic E-state index is 0.819. The maximum atomic E-state index is 8.80. The minimum Gasteiger partial charge on any atom is -0.411 e. The lowest BCUT2D eigenvalue weighted by Gasteiger charge is -2.28. The van der Waals surface area contributed by atoms with Gasteiger partial charge in [-0.15, -0.1) is 0 Å². The first-order valence-electron chi connectivity index (χ1n) is 4.88. The Balaban J connectivity index is 2.77. The van der Waals surface area contributed by atoms with E-state index < -0.39 is 0 Å². The Hall–Kier alpha value is -1.31. The molecule has 74 valence electrons. The lowest BCUT2D eigenvalue weighted by atomic mass is 9.76. The zero-order valence-corrected chi connectivity index (χ0v) is 9.10. The van der Waals surface area contributed by atoms with Crippen LogP contribution in [0.25, 0.3) is 0 Å². The van der Waals surface area contributed by atoms with Gasteiger partial charge in [-0.2, -0.15) is 0 Å². The lowest BCUT2D eigenvalue weighted by Crippen LogP contribution is -2.24. The summed E-state index contributed by atoms with van der Waals surface area (Å²) >= 11 is 0. The SMILES string of the molecule is Cc1c(C)c(C)c2c(c1C)CC2=NO. The van der Waals surface area contributed by atoms with Crippen LogP contribution >= 0.6 is 0 Å². The molecule has 0 aliphatic heterocycles. The molecule has 1 aromatic carbocycles. The Labute approximate surface area is 84.3 Å². The van der Waals surface area contributed by atoms with E-state index in [0.29, 0.717) is 0 Å². The molecule has 0 atom stereocenters. The highest BCUT2D eigenvalue weighted by Crippen LogP contribution is 2.34. The van der Waals surface area contributed by atoms with Gasteiger partial charge < -0.3 is 5.21 Å². The van der Waals surface area contributed by atoms with Gasteiger partial charge in [0.1, 0.15) is 0 Å². The van der Waals surface area contributed by atoms with Crippen LogP contribution in [0.3, 0.4) is 0 Å². The number of rotatable bonds is 0. The largest absolute Gasteiger partial charge is 0.411 e. The zero-order chi connectivity index (χ0) is 10.5. The van der Waals surface area contributed by atoms with Crippen molar-refractivity contribution in [1.29, 1.82) is 0 Å². The molecule has 0 fully saturated rings. The smallest absolute Gasteiger partial charge is 0.0917 e. The van der Waals surface area contributed by atoms with Crippen LogP contribution in [-0.4, -0.2) is 10.9 Å². The summed E-state index contributed by atoms with van der Waals surface area (Å²) in [6, 6.07) is 0. The molecule has 2 nitrogen and oxygen atoms in total. The molecule has 0 bridgehead atoms. The van der Waals surface area contributed by atoms with Crippen LogP contribution in [0.5, 0.6) is 0 Å². The highest BCUT2D eigenvalue weighted by Gasteiger charge is 2.28. The number of fused-ring (bicyclic) bond motifs is 1. The number of benzene rings is 1. The molecule has 1 aliphatic carbocycles. The van der Waals surface area contributed by atoms with Gasteiger partial charge in [0, 0.05) is 12.0 Å². The second-order valence-corrected chi connectivity index (χ2v) is 4.08. The van der Waals surface area contributed by atoms with E-state index in [1.54, 1.807) is 0 Å². The number of nitrogens with zero attached hydrogens (tertiary/aromatic N) is 1. The first-order valence-corrected chi connectivity index (χ1v) is 4.88. The Morgan fingerprint density at radius 1 is 0.929 bits per heavy atom. The molecule has 14 heavy (non-hydrogen) atoms. The summed E-state index contributed by atoms with van der Waals surface area (Å²) in [6.45, 7) is 8.54. The van der Waals surface area contributed by atoms with E-state index in [2.05, 4.69) is 32.9 Å². The fourth-order valence-electron chi connectivity index (χ4n) is 2.24. The average molecular weight is 189 g/mol. The molecule has 0 heterocycles. The Morgan fingerprint density at radius 2 is 1.50 bits per heavy atom. The molecule has 0 aromatic heterocycles. The first kappa shape index (κ1) is 9.25. The van der Waals surface area contributed by atoms with Gasteiger partial charge in [-0.3, -0.25) is 0 Å². The van der Waals surface area contributed by atoms with Gasteiger partial charge in [-0.1, -0.05) is 5.16 Å².